The summed E-state index contributed by atoms with van der Waals surface area (Å²) in [6.45, 7) is 8.00. The van der Waals surface area contributed by atoms with Crippen LogP contribution in [-0.4, -0.2) is 45.6 Å². The van der Waals surface area contributed by atoms with E-state index in [9.17, 15) is 5.11 Å². The van der Waals surface area contributed by atoms with Crippen molar-refractivity contribution in [3.63, 3.8) is 0 Å². The zero-order valence-corrected chi connectivity index (χ0v) is 21.6. The van der Waals surface area contributed by atoms with E-state index in [1.54, 1.807) is 10.8 Å². The maximum atomic E-state index is 10.8. The second kappa shape index (κ2) is 13.0. The molecule has 1 N–H and O–H groups in total. The molecule has 1 aromatic heterocycles. The molecule has 0 saturated heterocycles. The molecule has 0 fully saturated rings. The molecule has 0 spiro atoms. The number of aryl methyl sites for hydroxylation is 2. The van der Waals surface area contributed by atoms with Crippen LogP contribution in [-0.2, 0) is 24.9 Å². The maximum absolute atomic E-state index is 10.8. The molecule has 0 aliphatic rings. The highest BCUT2D eigenvalue weighted by molar-refractivity contribution is 5.65. The second-order valence-corrected chi connectivity index (χ2v) is 9.17. The van der Waals surface area contributed by atoms with Crippen molar-refractivity contribution in [2.45, 2.75) is 26.1 Å². The molecule has 6 nitrogen and oxygen atoms in total. The lowest BCUT2D eigenvalue weighted by atomic mass is 10.1. The third-order valence-corrected chi connectivity index (χ3v) is 6.02. The predicted molar refractivity (Wildman–Crippen MR) is 147 cm³/mol. The van der Waals surface area contributed by atoms with Crippen LogP contribution in [0.4, 0.5) is 0 Å². The molecule has 0 amide bonds. The lowest BCUT2D eigenvalue weighted by Crippen LogP contribution is -2.34. The molecule has 37 heavy (non-hydrogen) atoms. The van der Waals surface area contributed by atoms with Crippen LogP contribution in [0.2, 0.25) is 0 Å². The molecule has 192 valence electrons. The molecule has 4 rings (SSSR count). The molecule has 0 bridgehead atoms. The van der Waals surface area contributed by atoms with E-state index in [0.717, 1.165) is 28.1 Å². The predicted octanol–water partition coefficient (Wildman–Crippen LogP) is 5.75. The molecule has 0 aliphatic heterocycles. The molecule has 0 unspecified atom stereocenters. The molecule has 6 heteroatoms. The smallest absolute Gasteiger partial charge is 0.222 e. The molecular formula is C31H35N3O3. The summed E-state index contributed by atoms with van der Waals surface area (Å²) in [6.07, 6.45) is 1.03. The lowest BCUT2D eigenvalue weighted by Gasteiger charge is -2.26. The van der Waals surface area contributed by atoms with E-state index in [-0.39, 0.29) is 6.61 Å². The highest BCUT2D eigenvalue weighted by atomic mass is 16.5. The summed E-state index contributed by atoms with van der Waals surface area (Å²) in [5, 5.41) is 15.6. The minimum Gasteiger partial charge on any atom is -0.439 e. The van der Waals surface area contributed by atoms with E-state index in [1.807, 2.05) is 67.7 Å². The van der Waals surface area contributed by atoms with E-state index >= 15 is 0 Å². The molecule has 0 radical (unpaired) electrons. The molecule has 3 aromatic carbocycles. The van der Waals surface area contributed by atoms with Gasteiger partial charge in [-0.2, -0.15) is 5.10 Å². The van der Waals surface area contributed by atoms with E-state index in [0.29, 0.717) is 32.1 Å². The number of aliphatic hydroxyl groups excluding tert-OH is 1. The summed E-state index contributed by atoms with van der Waals surface area (Å²) < 4.78 is 13.7. The monoisotopic (exact) mass is 497 g/mol. The van der Waals surface area contributed by atoms with Gasteiger partial charge in [0.15, 0.2) is 0 Å². The first-order valence-electron chi connectivity index (χ1n) is 12.5. The van der Waals surface area contributed by atoms with Crippen LogP contribution in [0.5, 0.6) is 11.6 Å². The van der Waals surface area contributed by atoms with Crippen molar-refractivity contribution in [3.8, 4) is 22.9 Å². The quantitative estimate of drug-likeness (QED) is 0.188. The summed E-state index contributed by atoms with van der Waals surface area (Å²) in [4.78, 5) is 2.21. The van der Waals surface area contributed by atoms with Crippen molar-refractivity contribution >= 4 is 0 Å². The first kappa shape index (κ1) is 26.4. The Morgan fingerprint density at radius 2 is 1.65 bits per heavy atom. The van der Waals surface area contributed by atoms with Crippen LogP contribution in [0.15, 0.2) is 97.6 Å². The summed E-state index contributed by atoms with van der Waals surface area (Å²) >= 11 is 0. The van der Waals surface area contributed by atoms with Gasteiger partial charge in [-0.05, 0) is 24.6 Å². The Bertz CT molecular complexity index is 1250. The fourth-order valence-electron chi connectivity index (χ4n) is 4.26. The Morgan fingerprint density at radius 3 is 2.32 bits per heavy atom. The Balaban J connectivity index is 1.68. The van der Waals surface area contributed by atoms with Crippen molar-refractivity contribution in [3.05, 3.63) is 114 Å². The second-order valence-electron chi connectivity index (χ2n) is 9.17. The fourth-order valence-corrected chi connectivity index (χ4v) is 4.26. The Labute approximate surface area is 219 Å². The van der Waals surface area contributed by atoms with Crippen LogP contribution < -0.4 is 4.74 Å². The van der Waals surface area contributed by atoms with Gasteiger partial charge in [0.1, 0.15) is 11.4 Å². The number of ether oxygens (including phenoxy) is 2. The van der Waals surface area contributed by atoms with E-state index < -0.39 is 6.10 Å². The zero-order valence-electron chi connectivity index (χ0n) is 21.6. The van der Waals surface area contributed by atoms with Crippen molar-refractivity contribution in [1.82, 2.24) is 14.7 Å². The number of aromatic nitrogens is 2. The summed E-state index contributed by atoms with van der Waals surface area (Å²) in [5.41, 5.74) is 5.17. The van der Waals surface area contributed by atoms with Crippen molar-refractivity contribution in [2.24, 2.45) is 7.05 Å². The highest BCUT2D eigenvalue weighted by Gasteiger charge is 2.23. The van der Waals surface area contributed by atoms with Crippen LogP contribution in [0.1, 0.15) is 16.7 Å². The summed E-state index contributed by atoms with van der Waals surface area (Å²) in [7, 11) is 1.90. The van der Waals surface area contributed by atoms with Crippen LogP contribution >= 0.6 is 0 Å². The highest BCUT2D eigenvalue weighted by Crippen LogP contribution is 2.34. The molecule has 4 aromatic rings. The van der Waals surface area contributed by atoms with Gasteiger partial charge in [-0.1, -0.05) is 84.4 Å². The Kier molecular flexibility index (Phi) is 9.27. The first-order chi connectivity index (χ1) is 18.0. The third kappa shape index (κ3) is 7.40. The van der Waals surface area contributed by atoms with Crippen molar-refractivity contribution in [1.29, 1.82) is 0 Å². The minimum absolute atomic E-state index is 0.239. The molecule has 1 atom stereocenters. The van der Waals surface area contributed by atoms with Gasteiger partial charge in [-0.3, -0.25) is 4.90 Å². The van der Waals surface area contributed by atoms with Gasteiger partial charge in [0.2, 0.25) is 5.88 Å². The van der Waals surface area contributed by atoms with Crippen molar-refractivity contribution < 1.29 is 14.6 Å². The third-order valence-electron chi connectivity index (χ3n) is 6.02. The normalized spacial score (nSPS) is 12.0. The Morgan fingerprint density at radius 1 is 0.973 bits per heavy atom. The number of rotatable bonds is 13. The standard InChI is InChI=1S/C31H35N3O3/c1-4-19-36-23-27(35)21-34(20-25-11-7-5-8-12-25)22-29-30(26-13-9-6-10-14-26)32-33(3)31(29)37-28-17-15-24(2)16-18-28/h4-18,27,35H,1,19-23H2,2-3H3/t27-/m1/s1. The van der Waals surface area contributed by atoms with Gasteiger partial charge in [0.05, 0.1) is 24.9 Å². The summed E-state index contributed by atoms with van der Waals surface area (Å²) in [6, 6.07) is 28.4. The van der Waals surface area contributed by atoms with Crippen molar-refractivity contribution in [2.75, 3.05) is 19.8 Å². The largest absolute Gasteiger partial charge is 0.439 e. The first-order valence-corrected chi connectivity index (χ1v) is 12.5. The van der Waals surface area contributed by atoms with E-state index in [4.69, 9.17) is 14.6 Å². The van der Waals surface area contributed by atoms with Gasteiger partial charge in [-0.15, -0.1) is 6.58 Å². The van der Waals surface area contributed by atoms with Crippen LogP contribution in [0.25, 0.3) is 11.3 Å². The van der Waals surface area contributed by atoms with Crippen LogP contribution in [0, 0.1) is 6.92 Å². The number of hydrogen-bond donors (Lipinski definition) is 1. The van der Waals surface area contributed by atoms with Gasteiger partial charge in [0, 0.05) is 32.2 Å². The average Bonchev–Trinajstić information content (AvgIpc) is 3.21. The number of benzene rings is 3. The molecule has 0 saturated carbocycles. The van der Waals surface area contributed by atoms with Gasteiger partial charge < -0.3 is 14.6 Å². The van der Waals surface area contributed by atoms with Crippen LogP contribution in [0.3, 0.4) is 0 Å². The molecule has 0 aliphatic carbocycles. The molecular weight excluding hydrogens is 462 g/mol. The average molecular weight is 498 g/mol. The zero-order chi connectivity index (χ0) is 26.0. The minimum atomic E-state index is -0.651. The van der Waals surface area contributed by atoms with E-state index in [1.165, 1.54) is 5.56 Å². The van der Waals surface area contributed by atoms with E-state index in [2.05, 4.69) is 42.7 Å². The van der Waals surface area contributed by atoms with Gasteiger partial charge >= 0.3 is 0 Å². The number of hydrogen-bond acceptors (Lipinski definition) is 5. The van der Waals surface area contributed by atoms with Gasteiger partial charge in [-0.25, -0.2) is 4.68 Å². The summed E-state index contributed by atoms with van der Waals surface area (Å²) in [5.74, 6) is 1.43. The lowest BCUT2D eigenvalue weighted by molar-refractivity contribution is 0.0228. The number of nitrogens with zero attached hydrogens (tertiary/aromatic N) is 3. The molecule has 1 heterocycles. The number of aliphatic hydroxyl groups is 1. The SMILES string of the molecule is C=CCOC[C@H](O)CN(Cc1ccccc1)Cc1c(-c2ccccc2)nn(C)c1Oc1ccc(C)cc1. The fraction of sp³-hybridized carbons (Fsp3) is 0.258. The maximum Gasteiger partial charge on any atom is 0.222 e. The Hall–Kier alpha value is -3.71. The van der Waals surface area contributed by atoms with Gasteiger partial charge in [0.25, 0.3) is 0 Å². The topological polar surface area (TPSA) is 59.8 Å².